The van der Waals surface area contributed by atoms with Crippen LogP contribution in [-0.4, -0.2) is 20.9 Å². The lowest BCUT2D eigenvalue weighted by Crippen LogP contribution is -1.97. The molecule has 0 fully saturated rings. The number of carbonyl (C=O) groups is 1. The van der Waals surface area contributed by atoms with Crippen LogP contribution in [0.15, 0.2) is 10.8 Å². The summed E-state index contributed by atoms with van der Waals surface area (Å²) in [7, 11) is 1.86. The maximum Gasteiger partial charge on any atom is 0.337 e. The Morgan fingerprint density at radius 2 is 2.12 bits per heavy atom. The Labute approximate surface area is 97.2 Å². The predicted octanol–water partition coefficient (Wildman–Crippen LogP) is 2.46. The molecule has 4 nitrogen and oxygen atoms in total. The molecular formula is C11H12N2O2S. The van der Waals surface area contributed by atoms with E-state index >= 15 is 0 Å². The normalized spacial score (nSPS) is 10.7. The summed E-state index contributed by atoms with van der Waals surface area (Å²) in [6.07, 6.45) is 0. The SMILES string of the molecule is Cc1nn(C)c(C)c1-c1cscc1C(=O)O. The van der Waals surface area contributed by atoms with Gasteiger partial charge in [0.05, 0.1) is 11.3 Å². The predicted molar refractivity (Wildman–Crippen MR) is 63.0 cm³/mol. The van der Waals surface area contributed by atoms with Crippen molar-refractivity contribution in [3.05, 3.63) is 27.7 Å². The smallest absolute Gasteiger partial charge is 0.337 e. The van der Waals surface area contributed by atoms with Crippen molar-refractivity contribution in [3.8, 4) is 11.1 Å². The molecule has 0 atom stereocenters. The van der Waals surface area contributed by atoms with E-state index in [1.54, 1.807) is 10.1 Å². The van der Waals surface area contributed by atoms with Gasteiger partial charge in [-0.3, -0.25) is 4.68 Å². The lowest BCUT2D eigenvalue weighted by Gasteiger charge is -2.01. The number of nitrogens with zero attached hydrogens (tertiary/aromatic N) is 2. The monoisotopic (exact) mass is 236 g/mol. The van der Waals surface area contributed by atoms with Crippen molar-refractivity contribution in [2.75, 3.05) is 0 Å². The molecular weight excluding hydrogens is 224 g/mol. The first-order valence-corrected chi connectivity index (χ1v) is 5.76. The third-order valence-electron chi connectivity index (χ3n) is 2.67. The van der Waals surface area contributed by atoms with Gasteiger partial charge in [-0.1, -0.05) is 0 Å². The Morgan fingerprint density at radius 3 is 2.62 bits per heavy atom. The third kappa shape index (κ3) is 1.53. The van der Waals surface area contributed by atoms with Crippen molar-refractivity contribution in [3.63, 3.8) is 0 Å². The quantitative estimate of drug-likeness (QED) is 0.871. The molecule has 16 heavy (non-hydrogen) atoms. The van der Waals surface area contributed by atoms with E-state index < -0.39 is 5.97 Å². The summed E-state index contributed by atoms with van der Waals surface area (Å²) in [5, 5.41) is 16.9. The van der Waals surface area contributed by atoms with E-state index in [9.17, 15) is 4.79 Å². The van der Waals surface area contributed by atoms with Crippen LogP contribution in [0.4, 0.5) is 0 Å². The molecule has 0 aromatic carbocycles. The molecule has 5 heteroatoms. The van der Waals surface area contributed by atoms with Crippen molar-refractivity contribution >= 4 is 17.3 Å². The summed E-state index contributed by atoms with van der Waals surface area (Å²) >= 11 is 1.40. The minimum Gasteiger partial charge on any atom is -0.478 e. The molecule has 1 N–H and O–H groups in total. The number of carboxylic acid groups (broad SMARTS) is 1. The van der Waals surface area contributed by atoms with Gasteiger partial charge in [0.1, 0.15) is 0 Å². The Kier molecular flexibility index (Phi) is 2.55. The van der Waals surface area contributed by atoms with E-state index in [1.165, 1.54) is 11.3 Å². The van der Waals surface area contributed by atoms with Crippen LogP contribution >= 0.6 is 11.3 Å². The lowest BCUT2D eigenvalue weighted by molar-refractivity contribution is 0.0698. The molecule has 2 aromatic rings. The number of rotatable bonds is 2. The maximum atomic E-state index is 11.1. The average Bonchev–Trinajstić information content (AvgIpc) is 2.73. The van der Waals surface area contributed by atoms with Gasteiger partial charge in [0, 0.05) is 29.2 Å². The van der Waals surface area contributed by atoms with E-state index in [0.29, 0.717) is 5.56 Å². The van der Waals surface area contributed by atoms with Gasteiger partial charge in [0.15, 0.2) is 0 Å². The number of carboxylic acids is 1. The van der Waals surface area contributed by atoms with Crippen LogP contribution in [-0.2, 0) is 7.05 Å². The molecule has 0 unspecified atom stereocenters. The van der Waals surface area contributed by atoms with Gasteiger partial charge >= 0.3 is 5.97 Å². The molecule has 0 saturated heterocycles. The highest BCUT2D eigenvalue weighted by atomic mass is 32.1. The van der Waals surface area contributed by atoms with E-state index in [4.69, 9.17) is 5.11 Å². The minimum atomic E-state index is -0.890. The Hall–Kier alpha value is -1.62. The molecule has 0 aliphatic rings. The van der Waals surface area contributed by atoms with E-state index in [0.717, 1.165) is 22.5 Å². The van der Waals surface area contributed by atoms with Crippen molar-refractivity contribution in [1.82, 2.24) is 9.78 Å². The third-order valence-corrected chi connectivity index (χ3v) is 3.41. The van der Waals surface area contributed by atoms with Gasteiger partial charge in [0.2, 0.25) is 0 Å². The zero-order valence-corrected chi connectivity index (χ0v) is 10.1. The summed E-state index contributed by atoms with van der Waals surface area (Å²) < 4.78 is 1.77. The molecule has 2 heterocycles. The van der Waals surface area contributed by atoms with Crippen LogP contribution in [0.1, 0.15) is 21.7 Å². The molecule has 2 rings (SSSR count). The summed E-state index contributed by atoms with van der Waals surface area (Å²) in [6, 6.07) is 0. The topological polar surface area (TPSA) is 55.1 Å². The number of hydrogen-bond donors (Lipinski definition) is 1. The van der Waals surface area contributed by atoms with E-state index in [1.807, 2.05) is 26.3 Å². The van der Waals surface area contributed by atoms with Crippen molar-refractivity contribution in [1.29, 1.82) is 0 Å². The Balaban J connectivity index is 2.67. The van der Waals surface area contributed by atoms with E-state index in [2.05, 4.69) is 5.10 Å². The lowest BCUT2D eigenvalue weighted by atomic mass is 10.0. The molecule has 0 aliphatic heterocycles. The van der Waals surface area contributed by atoms with Crippen LogP contribution in [0.3, 0.4) is 0 Å². The number of aryl methyl sites for hydroxylation is 2. The van der Waals surface area contributed by atoms with Crippen LogP contribution in [0.2, 0.25) is 0 Å². The van der Waals surface area contributed by atoms with Crippen LogP contribution in [0.5, 0.6) is 0 Å². The number of hydrogen-bond acceptors (Lipinski definition) is 3. The standard InChI is InChI=1S/C11H12N2O2S/c1-6-10(7(2)13(3)12-6)8-4-16-5-9(8)11(14)15/h4-5H,1-3H3,(H,14,15). The Morgan fingerprint density at radius 1 is 1.44 bits per heavy atom. The van der Waals surface area contributed by atoms with Crippen molar-refractivity contribution in [2.24, 2.45) is 7.05 Å². The van der Waals surface area contributed by atoms with Gasteiger partial charge in [-0.15, -0.1) is 0 Å². The second-order valence-electron chi connectivity index (χ2n) is 3.67. The molecule has 0 aliphatic carbocycles. The fourth-order valence-electron chi connectivity index (χ4n) is 1.82. The van der Waals surface area contributed by atoms with Gasteiger partial charge in [-0.2, -0.15) is 16.4 Å². The Bertz CT molecular complexity index is 554. The molecule has 0 bridgehead atoms. The number of aromatic carboxylic acids is 1. The molecule has 0 spiro atoms. The summed E-state index contributed by atoms with van der Waals surface area (Å²) in [4.78, 5) is 11.1. The first-order valence-electron chi connectivity index (χ1n) is 4.82. The molecule has 2 aromatic heterocycles. The van der Waals surface area contributed by atoms with Crippen molar-refractivity contribution in [2.45, 2.75) is 13.8 Å². The average molecular weight is 236 g/mol. The van der Waals surface area contributed by atoms with Gasteiger partial charge in [-0.05, 0) is 19.2 Å². The van der Waals surface area contributed by atoms with Crippen LogP contribution in [0.25, 0.3) is 11.1 Å². The second-order valence-corrected chi connectivity index (χ2v) is 4.42. The maximum absolute atomic E-state index is 11.1. The van der Waals surface area contributed by atoms with Crippen LogP contribution < -0.4 is 0 Å². The fraction of sp³-hybridized carbons (Fsp3) is 0.273. The zero-order chi connectivity index (χ0) is 11.9. The van der Waals surface area contributed by atoms with Gasteiger partial charge < -0.3 is 5.11 Å². The highest BCUT2D eigenvalue weighted by Gasteiger charge is 2.18. The van der Waals surface area contributed by atoms with Crippen molar-refractivity contribution < 1.29 is 9.90 Å². The number of thiophene rings is 1. The summed E-state index contributed by atoms with van der Waals surface area (Å²) in [5.74, 6) is -0.890. The minimum absolute atomic E-state index is 0.351. The number of aromatic nitrogens is 2. The van der Waals surface area contributed by atoms with Crippen LogP contribution in [0, 0.1) is 13.8 Å². The molecule has 0 saturated carbocycles. The largest absolute Gasteiger partial charge is 0.478 e. The molecule has 84 valence electrons. The highest BCUT2D eigenvalue weighted by molar-refractivity contribution is 7.08. The van der Waals surface area contributed by atoms with Gasteiger partial charge in [0.25, 0.3) is 0 Å². The van der Waals surface area contributed by atoms with E-state index in [-0.39, 0.29) is 0 Å². The molecule has 0 radical (unpaired) electrons. The summed E-state index contributed by atoms with van der Waals surface area (Å²) in [6.45, 7) is 3.84. The fourth-order valence-corrected chi connectivity index (χ4v) is 2.63. The van der Waals surface area contributed by atoms with Gasteiger partial charge in [-0.25, -0.2) is 4.79 Å². The first-order chi connectivity index (χ1) is 7.52. The zero-order valence-electron chi connectivity index (χ0n) is 9.31. The molecule has 0 amide bonds. The second kappa shape index (κ2) is 3.75. The summed E-state index contributed by atoms with van der Waals surface area (Å²) in [5.41, 5.74) is 3.89. The first kappa shape index (κ1) is 10.9. The highest BCUT2D eigenvalue weighted by Crippen LogP contribution is 2.32.